The van der Waals surface area contributed by atoms with Gasteiger partial charge >= 0.3 is 11.8 Å². The number of nitrogens with zero attached hydrogens (tertiary/aromatic N) is 2. The highest BCUT2D eigenvalue weighted by molar-refractivity contribution is 6.35. The second kappa shape index (κ2) is 8.01. The molecule has 2 fully saturated rings. The van der Waals surface area contributed by atoms with Gasteiger partial charge in [0, 0.05) is 26.2 Å². The van der Waals surface area contributed by atoms with E-state index < -0.39 is 11.8 Å². The Kier molecular flexibility index (Phi) is 5.75. The lowest BCUT2D eigenvalue weighted by molar-refractivity contribution is -0.148. The molecule has 1 aromatic heterocycles. The fourth-order valence-corrected chi connectivity index (χ4v) is 3.39. The minimum atomic E-state index is -0.502. The number of aryl methyl sites for hydroxylation is 2. The predicted octanol–water partition coefficient (Wildman–Crippen LogP) is 0.693. The normalized spacial score (nSPS) is 21.5. The zero-order chi connectivity index (χ0) is 17.8. The van der Waals surface area contributed by atoms with Crippen molar-refractivity contribution in [3.05, 3.63) is 23.2 Å². The van der Waals surface area contributed by atoms with Crippen LogP contribution in [-0.2, 0) is 20.9 Å². The number of furan rings is 1. The molecule has 0 radical (unpaired) electrons. The summed E-state index contributed by atoms with van der Waals surface area (Å²) >= 11 is 0. The Balaban J connectivity index is 1.40. The summed E-state index contributed by atoms with van der Waals surface area (Å²) in [5.41, 5.74) is 1.18. The zero-order valence-corrected chi connectivity index (χ0v) is 15.0. The summed E-state index contributed by atoms with van der Waals surface area (Å²) in [4.78, 5) is 28.0. The first-order chi connectivity index (χ1) is 12.0. The molecule has 2 aliphatic rings. The fraction of sp³-hybridized carbons (Fsp3) is 0.667. The Bertz CT molecular complexity index is 602. The van der Waals surface area contributed by atoms with Crippen molar-refractivity contribution in [1.82, 2.24) is 15.1 Å². The van der Waals surface area contributed by atoms with Gasteiger partial charge in [-0.15, -0.1) is 0 Å². The first-order valence-corrected chi connectivity index (χ1v) is 8.96. The second-order valence-electron chi connectivity index (χ2n) is 6.96. The average Bonchev–Trinajstić information content (AvgIpc) is 3.19. The Morgan fingerprint density at radius 2 is 2.00 bits per heavy atom. The van der Waals surface area contributed by atoms with Crippen molar-refractivity contribution in [2.24, 2.45) is 5.92 Å². The molecule has 7 heteroatoms. The van der Waals surface area contributed by atoms with Crippen molar-refractivity contribution in [3.8, 4) is 0 Å². The van der Waals surface area contributed by atoms with Gasteiger partial charge in [-0.1, -0.05) is 0 Å². The molecule has 25 heavy (non-hydrogen) atoms. The topological polar surface area (TPSA) is 75.0 Å². The van der Waals surface area contributed by atoms with E-state index in [4.69, 9.17) is 9.15 Å². The van der Waals surface area contributed by atoms with Crippen molar-refractivity contribution in [2.75, 3.05) is 45.9 Å². The first kappa shape index (κ1) is 17.9. The summed E-state index contributed by atoms with van der Waals surface area (Å²) in [6.45, 7) is 9.25. The van der Waals surface area contributed by atoms with Crippen LogP contribution in [0.3, 0.4) is 0 Å². The summed E-state index contributed by atoms with van der Waals surface area (Å²) in [7, 11) is 0. The molecule has 2 aliphatic heterocycles. The quantitative estimate of drug-likeness (QED) is 0.810. The minimum absolute atomic E-state index is 0.374. The molecule has 1 N–H and O–H groups in total. The maximum absolute atomic E-state index is 12.1. The van der Waals surface area contributed by atoms with Crippen molar-refractivity contribution in [2.45, 2.75) is 26.8 Å². The fourth-order valence-electron chi connectivity index (χ4n) is 3.39. The minimum Gasteiger partial charge on any atom is -0.465 e. The predicted molar refractivity (Wildman–Crippen MR) is 92.0 cm³/mol. The van der Waals surface area contributed by atoms with E-state index in [1.807, 2.05) is 6.92 Å². The van der Waals surface area contributed by atoms with Gasteiger partial charge in [-0.3, -0.25) is 14.5 Å². The Hall–Kier alpha value is -1.86. The van der Waals surface area contributed by atoms with Gasteiger partial charge in [-0.25, -0.2) is 0 Å². The number of amides is 2. The molecule has 1 aromatic rings. The summed E-state index contributed by atoms with van der Waals surface area (Å²) in [5.74, 6) is 1.39. The van der Waals surface area contributed by atoms with Crippen molar-refractivity contribution < 1.29 is 18.7 Å². The molecule has 138 valence electrons. The lowest BCUT2D eigenvalue weighted by atomic mass is 10.1. The monoisotopic (exact) mass is 349 g/mol. The number of nitrogens with one attached hydrogen (secondary N) is 1. The van der Waals surface area contributed by atoms with Crippen LogP contribution in [0.25, 0.3) is 0 Å². The smallest absolute Gasteiger partial charge is 0.312 e. The molecule has 2 amide bonds. The number of hydrogen-bond acceptors (Lipinski definition) is 5. The molecule has 3 heterocycles. The van der Waals surface area contributed by atoms with Gasteiger partial charge in [0.05, 0.1) is 19.8 Å². The molecule has 0 aromatic carbocycles. The number of likely N-dealkylation sites (tertiary alicyclic amines) is 1. The van der Waals surface area contributed by atoms with Crippen LogP contribution < -0.4 is 5.32 Å². The summed E-state index contributed by atoms with van der Waals surface area (Å²) in [5, 5.41) is 2.80. The van der Waals surface area contributed by atoms with Crippen LogP contribution in [0.5, 0.6) is 0 Å². The molecule has 1 unspecified atom stereocenters. The largest absolute Gasteiger partial charge is 0.465 e. The maximum atomic E-state index is 12.1. The Labute approximate surface area is 148 Å². The van der Waals surface area contributed by atoms with E-state index in [0.29, 0.717) is 38.8 Å². The number of morpholine rings is 1. The number of rotatable bonds is 4. The molecule has 0 saturated carbocycles. The third kappa shape index (κ3) is 4.61. The van der Waals surface area contributed by atoms with Crippen molar-refractivity contribution >= 4 is 11.8 Å². The summed E-state index contributed by atoms with van der Waals surface area (Å²) in [6.07, 6.45) is 1.02. The van der Waals surface area contributed by atoms with E-state index in [1.165, 1.54) is 5.56 Å². The van der Waals surface area contributed by atoms with E-state index in [-0.39, 0.29) is 0 Å². The zero-order valence-electron chi connectivity index (χ0n) is 15.0. The number of carbonyl (C=O) groups excluding carboxylic acids is 2. The highest BCUT2D eigenvalue weighted by Gasteiger charge is 2.27. The van der Waals surface area contributed by atoms with Crippen molar-refractivity contribution in [3.63, 3.8) is 0 Å². The van der Waals surface area contributed by atoms with Gasteiger partial charge in [-0.05, 0) is 44.4 Å². The van der Waals surface area contributed by atoms with Gasteiger partial charge in [0.15, 0.2) is 0 Å². The van der Waals surface area contributed by atoms with Gasteiger partial charge in [0.25, 0.3) is 0 Å². The maximum Gasteiger partial charge on any atom is 0.312 e. The highest BCUT2D eigenvalue weighted by atomic mass is 16.5. The molecular formula is C18H27N3O4. The lowest BCUT2D eigenvalue weighted by Gasteiger charge is -2.26. The van der Waals surface area contributed by atoms with E-state index in [9.17, 15) is 9.59 Å². The van der Waals surface area contributed by atoms with E-state index in [0.717, 1.165) is 37.6 Å². The summed E-state index contributed by atoms with van der Waals surface area (Å²) < 4.78 is 10.9. The van der Waals surface area contributed by atoms with Crippen LogP contribution in [-0.4, -0.2) is 67.6 Å². The molecule has 0 spiro atoms. The molecule has 0 aliphatic carbocycles. The van der Waals surface area contributed by atoms with Gasteiger partial charge in [0.1, 0.15) is 11.5 Å². The molecule has 3 rings (SSSR count). The Morgan fingerprint density at radius 1 is 1.24 bits per heavy atom. The third-order valence-corrected chi connectivity index (χ3v) is 5.01. The van der Waals surface area contributed by atoms with Crippen LogP contribution in [0.1, 0.15) is 23.5 Å². The first-order valence-electron chi connectivity index (χ1n) is 8.96. The summed E-state index contributed by atoms with van der Waals surface area (Å²) in [6, 6.07) is 2.09. The number of carbonyl (C=O) groups is 2. The van der Waals surface area contributed by atoms with Gasteiger partial charge in [0.2, 0.25) is 0 Å². The second-order valence-corrected chi connectivity index (χ2v) is 6.96. The Morgan fingerprint density at radius 3 is 2.68 bits per heavy atom. The van der Waals surface area contributed by atoms with Crippen LogP contribution >= 0.6 is 0 Å². The number of hydrogen-bond donors (Lipinski definition) is 1. The van der Waals surface area contributed by atoms with Crippen LogP contribution in [0.2, 0.25) is 0 Å². The van der Waals surface area contributed by atoms with Crippen LogP contribution in [0, 0.1) is 19.8 Å². The molecule has 1 atom stereocenters. The SMILES string of the molecule is Cc1cc(CN2CCC(CNC(=O)C(=O)N3CCOCC3)C2)oc1C. The van der Waals surface area contributed by atoms with E-state index in [1.54, 1.807) is 4.90 Å². The number of ether oxygens (including phenoxy) is 1. The van der Waals surface area contributed by atoms with Crippen LogP contribution in [0.15, 0.2) is 10.5 Å². The standard InChI is InChI=1S/C18H27N3O4/c1-13-9-16(25-14(13)2)12-20-4-3-15(11-20)10-19-17(22)18(23)21-5-7-24-8-6-21/h9,15H,3-8,10-12H2,1-2H3,(H,19,22). The highest BCUT2D eigenvalue weighted by Crippen LogP contribution is 2.20. The van der Waals surface area contributed by atoms with Gasteiger partial charge in [-0.2, -0.15) is 0 Å². The lowest BCUT2D eigenvalue weighted by Crippen LogP contribution is -2.48. The van der Waals surface area contributed by atoms with Crippen molar-refractivity contribution in [1.29, 1.82) is 0 Å². The van der Waals surface area contributed by atoms with E-state index >= 15 is 0 Å². The molecule has 2 saturated heterocycles. The van der Waals surface area contributed by atoms with Gasteiger partial charge < -0.3 is 19.4 Å². The molecule has 7 nitrogen and oxygen atoms in total. The third-order valence-electron chi connectivity index (χ3n) is 5.01. The van der Waals surface area contributed by atoms with E-state index in [2.05, 4.69) is 23.2 Å². The van der Waals surface area contributed by atoms with Crippen LogP contribution in [0.4, 0.5) is 0 Å². The molecular weight excluding hydrogens is 322 g/mol. The molecule has 0 bridgehead atoms. The average molecular weight is 349 g/mol.